The van der Waals surface area contributed by atoms with Crippen molar-refractivity contribution in [2.45, 2.75) is 83.2 Å². The van der Waals surface area contributed by atoms with E-state index in [-0.39, 0.29) is 6.10 Å². The predicted molar refractivity (Wildman–Crippen MR) is 149 cm³/mol. The van der Waals surface area contributed by atoms with Gasteiger partial charge in [-0.3, -0.25) is 4.90 Å². The first kappa shape index (κ1) is 26.6. The second-order valence-electron chi connectivity index (χ2n) is 11.4. The number of aliphatic hydroxyl groups excluding tert-OH is 1. The Hall–Kier alpha value is -1.42. The van der Waals surface area contributed by atoms with Crippen LogP contribution in [-0.2, 0) is 0 Å². The van der Waals surface area contributed by atoms with Crippen molar-refractivity contribution in [3.05, 3.63) is 60.3 Å². The molecule has 0 radical (unpaired) electrons. The molecule has 5 aliphatic heterocycles. The number of nitrogens with zero attached hydrogens (tertiary/aromatic N) is 2. The van der Waals surface area contributed by atoms with Crippen LogP contribution < -0.4 is 0 Å². The molecule has 6 atom stereocenters. The molecule has 3 nitrogen and oxygen atoms in total. The van der Waals surface area contributed by atoms with Gasteiger partial charge in [-0.05, 0) is 88.5 Å². The van der Waals surface area contributed by atoms with Crippen molar-refractivity contribution in [3.63, 3.8) is 0 Å². The summed E-state index contributed by atoms with van der Waals surface area (Å²) in [6.45, 7) is 6.67. The molecule has 5 heterocycles. The van der Waals surface area contributed by atoms with Crippen molar-refractivity contribution in [2.75, 3.05) is 39.3 Å². The van der Waals surface area contributed by atoms with Crippen molar-refractivity contribution < 1.29 is 5.11 Å². The largest absolute Gasteiger partial charge is 0.388 e. The highest BCUT2D eigenvalue weighted by Crippen LogP contribution is 2.37. The summed E-state index contributed by atoms with van der Waals surface area (Å²) in [6, 6.07) is 0. The normalized spacial score (nSPS) is 39.7. The minimum Gasteiger partial charge on any atom is -0.388 e. The summed E-state index contributed by atoms with van der Waals surface area (Å²) in [5.74, 6) is 2.25. The zero-order valence-corrected chi connectivity index (χ0v) is 22.1. The highest BCUT2D eigenvalue weighted by atomic mass is 16.3. The van der Waals surface area contributed by atoms with Gasteiger partial charge in [0, 0.05) is 32.7 Å². The van der Waals surface area contributed by atoms with E-state index >= 15 is 0 Å². The number of rotatable bonds is 0. The molecule has 0 amide bonds. The first-order valence-electron chi connectivity index (χ1n) is 14.7. The molecule has 0 saturated carbocycles. The number of aliphatic hydroxyl groups is 1. The van der Waals surface area contributed by atoms with Gasteiger partial charge in [-0.25, -0.2) is 0 Å². The molecule has 3 heteroatoms. The van der Waals surface area contributed by atoms with Crippen LogP contribution in [0.15, 0.2) is 60.3 Å². The smallest absolute Gasteiger partial charge is 0.0848 e. The fourth-order valence-corrected chi connectivity index (χ4v) is 6.74. The van der Waals surface area contributed by atoms with E-state index in [9.17, 15) is 5.11 Å². The van der Waals surface area contributed by atoms with Crippen molar-refractivity contribution in [2.24, 2.45) is 17.8 Å². The molecule has 0 spiro atoms. The summed E-state index contributed by atoms with van der Waals surface area (Å²) in [5.41, 5.74) is 1.63. The molecule has 194 valence electrons. The molecular formula is C32H50N2O. The SMILES string of the molecule is OC1/C=C\C/C=C\CCCCC[C@@H]2CN3CC/C=C/C=C\CCCCC4=C[C@@H](CN(C4)C1)[C@@H]2CC3. The van der Waals surface area contributed by atoms with E-state index in [1.807, 2.05) is 6.08 Å². The molecule has 0 aromatic rings. The van der Waals surface area contributed by atoms with Crippen LogP contribution in [0.2, 0.25) is 0 Å². The number of hydrogen-bond donors (Lipinski definition) is 1. The standard InChI is InChI=1S/C32H50N2O/c35-31-19-15-11-7-2-1-6-10-14-18-29-25-33-21-16-12-8-4-3-5-9-13-17-28-23-30(32(29)20-22-33)26-34(24-28)27-31/h2-4,7-8,12,15,19,23,29-32,35H,1,5-6,9-11,13-14,16-18,20-22,24-27H2/b4-3-,7-2-,12-8+,19-15-/t29-,30+,31?,32-/m1/s1. The lowest BCUT2D eigenvalue weighted by Gasteiger charge is -2.45. The Morgan fingerprint density at radius 1 is 0.714 bits per heavy atom. The monoisotopic (exact) mass is 478 g/mol. The van der Waals surface area contributed by atoms with E-state index < -0.39 is 0 Å². The summed E-state index contributed by atoms with van der Waals surface area (Å²) < 4.78 is 0. The molecule has 1 N–H and O–H groups in total. The third-order valence-electron chi connectivity index (χ3n) is 8.57. The maximum absolute atomic E-state index is 10.8. The molecule has 5 aliphatic rings. The van der Waals surface area contributed by atoms with Gasteiger partial charge in [0.25, 0.3) is 0 Å². The second kappa shape index (κ2) is 15.0. The lowest BCUT2D eigenvalue weighted by Crippen LogP contribution is -2.47. The fourth-order valence-electron chi connectivity index (χ4n) is 6.74. The van der Waals surface area contributed by atoms with E-state index in [1.54, 1.807) is 5.57 Å². The van der Waals surface area contributed by atoms with Gasteiger partial charge in [0.15, 0.2) is 0 Å². The van der Waals surface area contributed by atoms with Crippen molar-refractivity contribution in [3.8, 4) is 0 Å². The van der Waals surface area contributed by atoms with Gasteiger partial charge < -0.3 is 10.0 Å². The summed E-state index contributed by atoms with van der Waals surface area (Å²) in [5, 5.41) is 10.8. The molecule has 6 bridgehead atoms. The van der Waals surface area contributed by atoms with Crippen LogP contribution in [0.5, 0.6) is 0 Å². The second-order valence-corrected chi connectivity index (χ2v) is 11.4. The van der Waals surface area contributed by atoms with Crippen LogP contribution in [-0.4, -0.2) is 60.3 Å². The van der Waals surface area contributed by atoms with Gasteiger partial charge in [0.1, 0.15) is 0 Å². The van der Waals surface area contributed by atoms with Crippen molar-refractivity contribution in [1.82, 2.24) is 9.80 Å². The quantitative estimate of drug-likeness (QED) is 0.393. The number of hydrogen-bond acceptors (Lipinski definition) is 3. The third-order valence-corrected chi connectivity index (χ3v) is 8.57. The van der Waals surface area contributed by atoms with Crippen LogP contribution >= 0.6 is 0 Å². The van der Waals surface area contributed by atoms with E-state index in [0.29, 0.717) is 5.92 Å². The minimum atomic E-state index is -0.365. The summed E-state index contributed by atoms with van der Waals surface area (Å²) in [4.78, 5) is 5.32. The molecule has 1 fully saturated rings. The molecule has 0 aliphatic carbocycles. The highest BCUT2D eigenvalue weighted by molar-refractivity contribution is 5.14. The van der Waals surface area contributed by atoms with E-state index in [1.165, 1.54) is 90.3 Å². The van der Waals surface area contributed by atoms with Gasteiger partial charge in [-0.15, -0.1) is 0 Å². The zero-order valence-electron chi connectivity index (χ0n) is 22.1. The highest BCUT2D eigenvalue weighted by Gasteiger charge is 2.36. The number of fused-ring (bicyclic) bond motifs is 9. The maximum Gasteiger partial charge on any atom is 0.0848 e. The summed E-state index contributed by atoms with van der Waals surface area (Å²) >= 11 is 0. The van der Waals surface area contributed by atoms with Crippen LogP contribution in [0.3, 0.4) is 0 Å². The lowest BCUT2D eigenvalue weighted by molar-refractivity contribution is 0.0630. The Kier molecular flexibility index (Phi) is 11.4. The molecule has 35 heavy (non-hydrogen) atoms. The number of piperidine rings is 1. The average molecular weight is 479 g/mol. The van der Waals surface area contributed by atoms with Crippen LogP contribution in [0.4, 0.5) is 0 Å². The Labute approximate surface area is 215 Å². The molecule has 0 aromatic carbocycles. The Morgan fingerprint density at radius 2 is 1.57 bits per heavy atom. The Balaban J connectivity index is 1.55. The predicted octanol–water partition coefficient (Wildman–Crippen LogP) is 6.69. The van der Waals surface area contributed by atoms with Gasteiger partial charge in [0.05, 0.1) is 6.10 Å². The Morgan fingerprint density at radius 3 is 2.51 bits per heavy atom. The van der Waals surface area contributed by atoms with Gasteiger partial charge in [0.2, 0.25) is 0 Å². The lowest BCUT2D eigenvalue weighted by atomic mass is 9.72. The first-order valence-corrected chi connectivity index (χ1v) is 14.7. The van der Waals surface area contributed by atoms with Crippen molar-refractivity contribution >= 4 is 0 Å². The van der Waals surface area contributed by atoms with Gasteiger partial charge in [-0.1, -0.05) is 73.1 Å². The first-order chi connectivity index (χ1) is 17.3. The van der Waals surface area contributed by atoms with Crippen LogP contribution in [0.25, 0.3) is 0 Å². The molecule has 1 saturated heterocycles. The van der Waals surface area contributed by atoms with E-state index in [2.05, 4.69) is 58.4 Å². The van der Waals surface area contributed by atoms with Gasteiger partial charge >= 0.3 is 0 Å². The molecule has 0 aromatic heterocycles. The van der Waals surface area contributed by atoms with E-state index in [0.717, 1.165) is 37.9 Å². The average Bonchev–Trinajstić information content (AvgIpc) is 2.85. The van der Waals surface area contributed by atoms with Crippen LogP contribution in [0.1, 0.15) is 77.0 Å². The maximum atomic E-state index is 10.8. The fraction of sp³-hybridized carbons (Fsp3) is 0.688. The summed E-state index contributed by atoms with van der Waals surface area (Å²) in [6.07, 6.45) is 35.4. The summed E-state index contributed by atoms with van der Waals surface area (Å²) in [7, 11) is 0. The third kappa shape index (κ3) is 9.19. The molecule has 3 unspecified atom stereocenters. The van der Waals surface area contributed by atoms with Gasteiger partial charge in [-0.2, -0.15) is 0 Å². The number of allylic oxidation sites excluding steroid dienone is 6. The topological polar surface area (TPSA) is 26.7 Å². The molecule has 5 rings (SSSR count). The Bertz CT molecular complexity index is 764. The zero-order chi connectivity index (χ0) is 24.1. The van der Waals surface area contributed by atoms with Crippen molar-refractivity contribution in [1.29, 1.82) is 0 Å². The minimum absolute atomic E-state index is 0.365. The van der Waals surface area contributed by atoms with E-state index in [4.69, 9.17) is 0 Å². The van der Waals surface area contributed by atoms with Crippen LogP contribution in [0, 0.1) is 17.8 Å². The molecular weight excluding hydrogens is 428 g/mol.